The van der Waals surface area contributed by atoms with Crippen molar-refractivity contribution in [1.29, 1.82) is 0 Å². The Morgan fingerprint density at radius 1 is 1.43 bits per heavy atom. The Kier molecular flexibility index (Phi) is 55.4. The van der Waals surface area contributed by atoms with E-state index in [1.165, 1.54) is 0 Å². The van der Waals surface area contributed by atoms with Gasteiger partial charge in [0.2, 0.25) is 6.22 Å². The summed E-state index contributed by atoms with van der Waals surface area (Å²) in [5.74, 6) is 0. The molecule has 0 aromatic rings. The molecule has 0 saturated heterocycles. The number of rotatable bonds is 0. The quantitative estimate of drug-likeness (QED) is 0.246. The van der Waals surface area contributed by atoms with Crippen molar-refractivity contribution in [3.63, 3.8) is 0 Å². The van der Waals surface area contributed by atoms with Gasteiger partial charge in [-0.3, -0.25) is 0 Å². The van der Waals surface area contributed by atoms with E-state index in [-0.39, 0.29) is 62.3 Å². The third-order valence-electron chi connectivity index (χ3n) is 0. The van der Waals surface area contributed by atoms with E-state index < -0.39 is 6.22 Å². The van der Waals surface area contributed by atoms with Crippen LogP contribution in [-0.2, 0) is 0 Å². The van der Waals surface area contributed by atoms with E-state index in [0.29, 0.717) is 0 Å². The van der Waals surface area contributed by atoms with Crippen LogP contribution in [0.4, 0.5) is 9.18 Å². The SMILES string of the molecule is O.O.O=C([O-])F.[K+]. The molecule has 0 fully saturated rings. The topological polar surface area (TPSA) is 103 Å². The molecule has 7 heavy (non-hydrogen) atoms. The first-order chi connectivity index (χ1) is 1.73. The zero-order valence-corrected chi connectivity index (χ0v) is 6.82. The maximum absolute atomic E-state index is 9.81. The van der Waals surface area contributed by atoms with Crippen LogP contribution in [0.15, 0.2) is 0 Å². The van der Waals surface area contributed by atoms with Crippen LogP contribution >= 0.6 is 0 Å². The molecule has 0 aliphatic heterocycles. The molecule has 0 radical (unpaired) electrons. The van der Waals surface area contributed by atoms with Gasteiger partial charge in [0, 0.05) is 0 Å². The van der Waals surface area contributed by atoms with Crippen molar-refractivity contribution in [3.8, 4) is 0 Å². The molecule has 0 atom stereocenters. The summed E-state index contributed by atoms with van der Waals surface area (Å²) in [6.45, 7) is 0. The van der Waals surface area contributed by atoms with E-state index >= 15 is 0 Å². The Hall–Kier alpha value is 0.956. The van der Waals surface area contributed by atoms with Crippen LogP contribution in [0.25, 0.3) is 0 Å². The number of carbonyl (C=O) groups excluding carboxylic acids is 1. The van der Waals surface area contributed by atoms with Gasteiger partial charge in [-0.25, -0.2) is 0 Å². The van der Waals surface area contributed by atoms with Gasteiger partial charge in [0.05, 0.1) is 0 Å². The van der Waals surface area contributed by atoms with Crippen molar-refractivity contribution >= 4 is 6.22 Å². The summed E-state index contributed by atoms with van der Waals surface area (Å²) < 4.78 is 9.81. The van der Waals surface area contributed by atoms with Gasteiger partial charge < -0.3 is 20.9 Å². The standard InChI is InChI=1S/CHFO2.K.2H2O/c2-1(3)4;;;/h(H,3,4);;2*1H2/q;+1;;/p-1. The van der Waals surface area contributed by atoms with Crippen molar-refractivity contribution in [1.82, 2.24) is 0 Å². The van der Waals surface area contributed by atoms with Gasteiger partial charge in [-0.1, -0.05) is 0 Å². The molecule has 4 nitrogen and oxygen atoms in total. The molecule has 0 amide bonds. The van der Waals surface area contributed by atoms with Gasteiger partial charge in [0.15, 0.2) is 0 Å². The maximum Gasteiger partial charge on any atom is 1.00 e. The van der Waals surface area contributed by atoms with Crippen LogP contribution < -0.4 is 56.5 Å². The Balaban J connectivity index is -0.0000000150. The van der Waals surface area contributed by atoms with Gasteiger partial charge >= 0.3 is 51.4 Å². The van der Waals surface area contributed by atoms with E-state index in [0.717, 1.165) is 0 Å². The van der Waals surface area contributed by atoms with Gasteiger partial charge in [0.1, 0.15) is 0 Å². The summed E-state index contributed by atoms with van der Waals surface area (Å²) in [7, 11) is 0. The molecule has 0 heterocycles. The molecule has 0 aliphatic rings. The minimum atomic E-state index is -2.58. The number of carbonyl (C=O) groups is 1. The summed E-state index contributed by atoms with van der Waals surface area (Å²) >= 11 is 0. The minimum absolute atomic E-state index is 0. The molecule has 0 bridgehead atoms. The number of hydrogen-bond acceptors (Lipinski definition) is 2. The molecular formula is CH4FKO4. The predicted molar refractivity (Wildman–Crippen MR) is 13.7 cm³/mol. The van der Waals surface area contributed by atoms with E-state index in [9.17, 15) is 4.39 Å². The maximum atomic E-state index is 9.81. The molecular weight excluding hydrogens is 134 g/mol. The van der Waals surface area contributed by atoms with Gasteiger partial charge in [-0.05, 0) is 0 Å². The molecule has 0 aromatic heterocycles. The third-order valence-corrected chi connectivity index (χ3v) is 0. The van der Waals surface area contributed by atoms with Gasteiger partial charge in [-0.2, -0.15) is 4.39 Å². The first kappa shape index (κ1) is 24.6. The fourth-order valence-electron chi connectivity index (χ4n) is 0. The van der Waals surface area contributed by atoms with Crippen molar-refractivity contribution in [2.45, 2.75) is 0 Å². The molecule has 0 rings (SSSR count). The van der Waals surface area contributed by atoms with Crippen LogP contribution in [0.5, 0.6) is 0 Å². The molecule has 40 valence electrons. The average molecular weight is 138 g/mol. The molecule has 0 spiro atoms. The average Bonchev–Trinajstić information content (AvgIpc) is 0.811. The van der Waals surface area contributed by atoms with Gasteiger partial charge in [-0.15, -0.1) is 0 Å². The molecule has 0 unspecified atom stereocenters. The van der Waals surface area contributed by atoms with E-state index in [1.54, 1.807) is 0 Å². The summed E-state index contributed by atoms with van der Waals surface area (Å²) in [4.78, 5) is 8.22. The Morgan fingerprint density at radius 2 is 1.43 bits per heavy atom. The Bertz CT molecular complexity index is 34.7. The van der Waals surface area contributed by atoms with E-state index in [2.05, 4.69) is 0 Å². The first-order valence-corrected chi connectivity index (χ1v) is 0.597. The monoisotopic (exact) mass is 138 g/mol. The molecule has 6 heteroatoms. The fraction of sp³-hybridized carbons (Fsp3) is 0. The third kappa shape index (κ3) is 187. The second-order valence-electron chi connectivity index (χ2n) is 0.238. The Labute approximate surface area is 81.7 Å². The predicted octanol–water partition coefficient (Wildman–Crippen LogP) is -5.35. The summed E-state index contributed by atoms with van der Waals surface area (Å²) in [5.41, 5.74) is 0. The zero-order chi connectivity index (χ0) is 3.58. The van der Waals surface area contributed by atoms with Crippen molar-refractivity contribution in [2.24, 2.45) is 0 Å². The minimum Gasteiger partial charge on any atom is -0.520 e. The second-order valence-corrected chi connectivity index (χ2v) is 0.238. The smallest absolute Gasteiger partial charge is 0.520 e. The van der Waals surface area contributed by atoms with E-state index in [1.807, 2.05) is 0 Å². The van der Waals surface area contributed by atoms with Crippen LogP contribution in [0.1, 0.15) is 0 Å². The fourth-order valence-corrected chi connectivity index (χ4v) is 0. The van der Waals surface area contributed by atoms with Crippen LogP contribution in [0.3, 0.4) is 0 Å². The van der Waals surface area contributed by atoms with Gasteiger partial charge in [0.25, 0.3) is 0 Å². The van der Waals surface area contributed by atoms with Crippen LogP contribution in [0.2, 0.25) is 0 Å². The normalized spacial score (nSPS) is 3.57. The number of hydrogen-bond donors (Lipinski definition) is 0. The van der Waals surface area contributed by atoms with Crippen molar-refractivity contribution in [2.75, 3.05) is 0 Å². The van der Waals surface area contributed by atoms with Crippen molar-refractivity contribution in [3.05, 3.63) is 0 Å². The summed E-state index contributed by atoms with van der Waals surface area (Å²) in [6, 6.07) is 0. The number of carboxylic acid groups (broad SMARTS) is 1. The summed E-state index contributed by atoms with van der Waals surface area (Å²) in [6.07, 6.45) is -2.58. The van der Waals surface area contributed by atoms with E-state index in [4.69, 9.17) is 9.90 Å². The molecule has 0 aliphatic carbocycles. The van der Waals surface area contributed by atoms with Crippen molar-refractivity contribution < 1.29 is 76.6 Å². The van der Waals surface area contributed by atoms with Crippen LogP contribution in [0, 0.1) is 0 Å². The largest absolute Gasteiger partial charge is 1.00 e. The first-order valence-electron chi connectivity index (χ1n) is 0.597. The zero-order valence-electron chi connectivity index (χ0n) is 3.69. The number of halogens is 1. The molecule has 4 N–H and O–H groups in total. The summed E-state index contributed by atoms with van der Waals surface area (Å²) in [5, 5.41) is 8.22. The molecule has 0 saturated carbocycles. The Morgan fingerprint density at radius 3 is 1.43 bits per heavy atom. The second kappa shape index (κ2) is 15.8. The molecule has 0 aromatic carbocycles. The van der Waals surface area contributed by atoms with Crippen LogP contribution in [-0.4, -0.2) is 17.2 Å².